The molecule has 3 aromatic rings. The molecule has 0 atom stereocenters. The highest BCUT2D eigenvalue weighted by Crippen LogP contribution is 2.39. The van der Waals surface area contributed by atoms with Gasteiger partial charge in [0.1, 0.15) is 0 Å². The molecular formula is C17H12Br2N4. The van der Waals surface area contributed by atoms with Gasteiger partial charge in [0.05, 0.1) is 34.2 Å². The lowest BCUT2D eigenvalue weighted by molar-refractivity contribution is 1.30. The highest BCUT2D eigenvalue weighted by Gasteiger charge is 2.18. The van der Waals surface area contributed by atoms with Gasteiger partial charge in [-0.25, -0.2) is 9.98 Å². The maximum Gasteiger partial charge on any atom is 0.0902 e. The summed E-state index contributed by atoms with van der Waals surface area (Å²) >= 11 is 7.09. The molecule has 114 valence electrons. The second kappa shape index (κ2) is 5.94. The Labute approximate surface area is 150 Å². The molecule has 0 amide bonds. The molecule has 0 fully saturated rings. The van der Waals surface area contributed by atoms with Crippen LogP contribution in [-0.2, 0) is 0 Å². The number of hydrogen-bond acceptors (Lipinski definition) is 2. The van der Waals surface area contributed by atoms with E-state index >= 15 is 0 Å². The molecular weight excluding hydrogens is 420 g/mol. The Bertz CT molecular complexity index is 831. The van der Waals surface area contributed by atoms with E-state index in [0.717, 1.165) is 43.1 Å². The van der Waals surface area contributed by atoms with Crippen molar-refractivity contribution < 1.29 is 0 Å². The second-order valence-corrected chi connectivity index (χ2v) is 6.93. The largest absolute Gasteiger partial charge is 0.360 e. The van der Waals surface area contributed by atoms with Crippen LogP contribution in [0.25, 0.3) is 0 Å². The minimum absolute atomic E-state index is 0.658. The van der Waals surface area contributed by atoms with E-state index in [1.165, 1.54) is 0 Å². The van der Waals surface area contributed by atoms with E-state index in [1.807, 2.05) is 48.8 Å². The van der Waals surface area contributed by atoms with Crippen molar-refractivity contribution in [3.05, 3.63) is 69.1 Å². The third-order valence-electron chi connectivity index (χ3n) is 3.68. The van der Waals surface area contributed by atoms with E-state index in [0.29, 0.717) is 6.42 Å². The van der Waals surface area contributed by atoms with Gasteiger partial charge in [-0.15, -0.1) is 0 Å². The van der Waals surface area contributed by atoms with Gasteiger partial charge in [-0.2, -0.15) is 0 Å². The average molecular weight is 432 g/mol. The van der Waals surface area contributed by atoms with Crippen molar-refractivity contribution in [2.24, 2.45) is 9.98 Å². The third-order valence-corrected chi connectivity index (χ3v) is 5.53. The Morgan fingerprint density at radius 3 is 1.65 bits per heavy atom. The highest BCUT2D eigenvalue weighted by atomic mass is 79.9. The Morgan fingerprint density at radius 1 is 0.783 bits per heavy atom. The van der Waals surface area contributed by atoms with Crippen LogP contribution < -0.4 is 0 Å². The molecule has 4 rings (SSSR count). The van der Waals surface area contributed by atoms with Crippen LogP contribution >= 0.6 is 31.9 Å². The van der Waals surface area contributed by atoms with Crippen molar-refractivity contribution in [2.45, 2.75) is 6.42 Å². The number of aromatic nitrogens is 2. The van der Waals surface area contributed by atoms with Crippen LogP contribution in [0.15, 0.2) is 67.7 Å². The Hall–Kier alpha value is -1.92. The summed E-state index contributed by atoms with van der Waals surface area (Å²) in [6, 6.07) is 12.0. The summed E-state index contributed by atoms with van der Waals surface area (Å²) in [5.74, 6) is 0. The SMILES string of the molecule is Brc1cc2c(cc1Br)N=C(c1ccc[nH]1)CC(c1ccc[nH]1)=N2. The van der Waals surface area contributed by atoms with E-state index in [4.69, 9.17) is 9.98 Å². The average Bonchev–Trinajstić information content (AvgIpc) is 3.21. The molecule has 0 saturated carbocycles. The van der Waals surface area contributed by atoms with Crippen LogP contribution in [0.5, 0.6) is 0 Å². The molecule has 6 heteroatoms. The first kappa shape index (κ1) is 14.7. The van der Waals surface area contributed by atoms with Gasteiger partial charge in [0.25, 0.3) is 0 Å². The van der Waals surface area contributed by atoms with Gasteiger partial charge in [-0.05, 0) is 68.3 Å². The van der Waals surface area contributed by atoms with Crippen LogP contribution in [-0.4, -0.2) is 21.4 Å². The summed E-state index contributed by atoms with van der Waals surface area (Å²) < 4.78 is 1.92. The highest BCUT2D eigenvalue weighted by molar-refractivity contribution is 9.13. The van der Waals surface area contributed by atoms with E-state index in [-0.39, 0.29) is 0 Å². The predicted octanol–water partition coefficient (Wildman–Crippen LogP) is 5.51. The molecule has 0 spiro atoms. The van der Waals surface area contributed by atoms with Crippen molar-refractivity contribution in [1.82, 2.24) is 9.97 Å². The molecule has 1 aromatic carbocycles. The fourth-order valence-electron chi connectivity index (χ4n) is 2.56. The van der Waals surface area contributed by atoms with E-state index < -0.39 is 0 Å². The van der Waals surface area contributed by atoms with Crippen molar-refractivity contribution >= 4 is 54.7 Å². The van der Waals surface area contributed by atoms with Gasteiger partial charge in [-0.1, -0.05) is 0 Å². The van der Waals surface area contributed by atoms with Crippen molar-refractivity contribution in [2.75, 3.05) is 0 Å². The second-order valence-electron chi connectivity index (χ2n) is 5.22. The minimum Gasteiger partial charge on any atom is -0.360 e. The van der Waals surface area contributed by atoms with Crippen LogP contribution in [0.3, 0.4) is 0 Å². The van der Waals surface area contributed by atoms with Crippen LogP contribution in [0, 0.1) is 0 Å². The zero-order valence-electron chi connectivity index (χ0n) is 12.0. The molecule has 0 aliphatic carbocycles. The summed E-state index contributed by atoms with van der Waals surface area (Å²) in [5.41, 5.74) is 5.66. The Balaban J connectivity index is 1.92. The first-order valence-corrected chi connectivity index (χ1v) is 8.71. The zero-order chi connectivity index (χ0) is 15.8. The summed E-state index contributed by atoms with van der Waals surface area (Å²) in [4.78, 5) is 16.2. The maximum atomic E-state index is 4.85. The quantitative estimate of drug-likeness (QED) is 0.537. The van der Waals surface area contributed by atoms with Gasteiger partial charge in [0, 0.05) is 27.8 Å². The van der Waals surface area contributed by atoms with Gasteiger partial charge in [0.2, 0.25) is 0 Å². The van der Waals surface area contributed by atoms with Crippen LogP contribution in [0.1, 0.15) is 17.8 Å². The fourth-order valence-corrected chi connectivity index (χ4v) is 3.23. The molecule has 0 saturated heterocycles. The number of nitrogens with one attached hydrogen (secondary N) is 2. The van der Waals surface area contributed by atoms with Crippen LogP contribution in [0.4, 0.5) is 11.4 Å². The monoisotopic (exact) mass is 430 g/mol. The number of fused-ring (bicyclic) bond motifs is 1. The number of aliphatic imine (C=N–C) groups is 2. The van der Waals surface area contributed by atoms with Crippen molar-refractivity contribution in [3.63, 3.8) is 0 Å². The fraction of sp³-hybridized carbons (Fsp3) is 0.0588. The Morgan fingerprint density at radius 2 is 1.26 bits per heavy atom. The molecule has 4 nitrogen and oxygen atoms in total. The smallest absolute Gasteiger partial charge is 0.0902 e. The lowest BCUT2D eigenvalue weighted by atomic mass is 10.1. The molecule has 0 radical (unpaired) electrons. The molecule has 0 bridgehead atoms. The van der Waals surface area contributed by atoms with Gasteiger partial charge < -0.3 is 9.97 Å². The summed E-state index contributed by atoms with van der Waals surface area (Å²) in [5, 5.41) is 0. The van der Waals surface area contributed by atoms with Gasteiger partial charge in [-0.3, -0.25) is 0 Å². The maximum absolute atomic E-state index is 4.85. The van der Waals surface area contributed by atoms with Crippen LogP contribution in [0.2, 0.25) is 0 Å². The first-order valence-electron chi connectivity index (χ1n) is 7.12. The lowest BCUT2D eigenvalue weighted by Crippen LogP contribution is -2.10. The number of nitrogens with zero attached hydrogens (tertiary/aromatic N) is 2. The first-order chi connectivity index (χ1) is 11.2. The number of hydrogen-bond donors (Lipinski definition) is 2. The standard InChI is InChI=1S/C17H12Br2N4/c18-10-7-14-15(8-11(10)19)23-17(13-4-2-6-21-13)9-16(22-14)12-3-1-5-20-12/h1-8,20-21H,9H2. The summed E-state index contributed by atoms with van der Waals surface area (Å²) in [6.07, 6.45) is 4.48. The lowest BCUT2D eigenvalue weighted by Gasteiger charge is -2.04. The number of rotatable bonds is 2. The van der Waals surface area contributed by atoms with E-state index in [2.05, 4.69) is 41.8 Å². The van der Waals surface area contributed by atoms with Gasteiger partial charge in [0.15, 0.2) is 0 Å². The number of benzene rings is 1. The van der Waals surface area contributed by atoms with E-state index in [1.54, 1.807) is 0 Å². The molecule has 1 aliphatic rings. The number of halogens is 2. The molecule has 2 aromatic heterocycles. The topological polar surface area (TPSA) is 56.3 Å². The summed E-state index contributed by atoms with van der Waals surface area (Å²) in [7, 11) is 0. The number of aromatic amines is 2. The van der Waals surface area contributed by atoms with Gasteiger partial charge >= 0.3 is 0 Å². The van der Waals surface area contributed by atoms with Crippen molar-refractivity contribution in [1.29, 1.82) is 0 Å². The third kappa shape index (κ3) is 2.84. The molecule has 1 aliphatic heterocycles. The van der Waals surface area contributed by atoms with E-state index in [9.17, 15) is 0 Å². The zero-order valence-corrected chi connectivity index (χ0v) is 15.1. The number of H-pyrrole nitrogens is 2. The molecule has 0 unspecified atom stereocenters. The summed E-state index contributed by atoms with van der Waals surface area (Å²) in [6.45, 7) is 0. The molecule has 3 heterocycles. The van der Waals surface area contributed by atoms with Crippen molar-refractivity contribution in [3.8, 4) is 0 Å². The molecule has 2 N–H and O–H groups in total. The molecule has 23 heavy (non-hydrogen) atoms. The predicted molar refractivity (Wildman–Crippen MR) is 100 cm³/mol. The Kier molecular flexibility index (Phi) is 3.79. The normalized spacial score (nSPS) is 14.0. The minimum atomic E-state index is 0.658.